The van der Waals surface area contributed by atoms with Gasteiger partial charge in [-0.05, 0) is 40.7 Å². The summed E-state index contributed by atoms with van der Waals surface area (Å²) in [7, 11) is 1.56. The number of amides is 1. The third-order valence-electron chi connectivity index (χ3n) is 6.34. The molecule has 0 saturated carbocycles. The second kappa shape index (κ2) is 9.41. The number of hydrogen-bond acceptors (Lipinski definition) is 6. The molecule has 0 aromatic heterocycles. The number of likely N-dealkylation sites (N-methyl/N-ethyl adjacent to an activating group) is 1. The topological polar surface area (TPSA) is 94.1 Å². The standard InChI is InChI=1S/C25H30FN3O4/c1-14(2)18-11-19(21(31)12-20(18)30)24-22(23(28-33-24)25(32)27-3)16-4-5-17-13-29(9-7-26)8-6-15(17)10-16/h4-5,10-12,14,23,28,30-31H,6-9,13H2,1-3H3,(H,27,32). The van der Waals surface area contributed by atoms with E-state index in [4.69, 9.17) is 4.84 Å². The number of alkyl halides is 1. The molecule has 0 spiro atoms. The SMILES string of the molecule is CNC(=O)C1NOC(c2cc(C(C)C)c(O)cc2O)=C1c1ccc2c(c1)CCN(CCF)C2. The first kappa shape index (κ1) is 23.1. The Morgan fingerprint density at radius 3 is 2.73 bits per heavy atom. The number of phenols is 2. The molecule has 2 aromatic carbocycles. The van der Waals surface area contributed by atoms with E-state index < -0.39 is 6.04 Å². The van der Waals surface area contributed by atoms with Gasteiger partial charge in [0.15, 0.2) is 11.8 Å². The summed E-state index contributed by atoms with van der Waals surface area (Å²) in [5.41, 5.74) is 7.56. The van der Waals surface area contributed by atoms with Crippen molar-refractivity contribution in [2.45, 2.75) is 38.8 Å². The molecule has 176 valence electrons. The van der Waals surface area contributed by atoms with Gasteiger partial charge in [-0.1, -0.05) is 32.0 Å². The van der Waals surface area contributed by atoms with Crippen LogP contribution in [-0.4, -0.2) is 53.9 Å². The van der Waals surface area contributed by atoms with Crippen molar-refractivity contribution in [1.29, 1.82) is 0 Å². The van der Waals surface area contributed by atoms with Crippen LogP contribution in [-0.2, 0) is 22.6 Å². The van der Waals surface area contributed by atoms with Crippen LogP contribution in [0.1, 0.15) is 47.6 Å². The van der Waals surface area contributed by atoms with Gasteiger partial charge in [0.25, 0.3) is 0 Å². The van der Waals surface area contributed by atoms with Crippen molar-refractivity contribution in [3.63, 3.8) is 0 Å². The zero-order valence-corrected chi connectivity index (χ0v) is 19.1. The molecule has 2 heterocycles. The summed E-state index contributed by atoms with van der Waals surface area (Å²) in [6.07, 6.45) is 0.784. The lowest BCUT2D eigenvalue weighted by atomic mass is 9.89. The number of halogens is 1. The van der Waals surface area contributed by atoms with E-state index in [1.807, 2.05) is 32.0 Å². The maximum absolute atomic E-state index is 12.8. The van der Waals surface area contributed by atoms with Gasteiger partial charge < -0.3 is 20.4 Å². The van der Waals surface area contributed by atoms with Crippen LogP contribution in [0, 0.1) is 0 Å². The van der Waals surface area contributed by atoms with Crippen LogP contribution in [0.3, 0.4) is 0 Å². The van der Waals surface area contributed by atoms with Gasteiger partial charge in [-0.3, -0.25) is 9.69 Å². The minimum atomic E-state index is -0.773. The number of benzene rings is 2. The molecule has 0 bridgehead atoms. The minimum absolute atomic E-state index is 0.00817. The van der Waals surface area contributed by atoms with Gasteiger partial charge in [0.05, 0.1) is 5.56 Å². The molecule has 0 saturated heterocycles. The fraction of sp³-hybridized carbons (Fsp3) is 0.400. The fourth-order valence-corrected chi connectivity index (χ4v) is 4.52. The Morgan fingerprint density at radius 2 is 2.03 bits per heavy atom. The summed E-state index contributed by atoms with van der Waals surface area (Å²) in [6, 6.07) is 8.22. The van der Waals surface area contributed by atoms with Crippen LogP contribution >= 0.6 is 0 Å². The number of phenolic OH excluding ortho intramolecular Hbond substituents is 2. The molecular weight excluding hydrogens is 425 g/mol. The average molecular weight is 456 g/mol. The summed E-state index contributed by atoms with van der Waals surface area (Å²) in [4.78, 5) is 20.5. The molecule has 2 aromatic rings. The van der Waals surface area contributed by atoms with E-state index in [0.29, 0.717) is 35.5 Å². The maximum atomic E-state index is 12.8. The van der Waals surface area contributed by atoms with Gasteiger partial charge in [-0.2, -0.15) is 0 Å². The van der Waals surface area contributed by atoms with Crippen molar-refractivity contribution in [1.82, 2.24) is 15.7 Å². The summed E-state index contributed by atoms with van der Waals surface area (Å²) in [6.45, 7) is 5.41. The summed E-state index contributed by atoms with van der Waals surface area (Å²) in [5.74, 6) is -0.0297. The highest BCUT2D eigenvalue weighted by molar-refractivity contribution is 6.05. The third kappa shape index (κ3) is 4.41. The summed E-state index contributed by atoms with van der Waals surface area (Å²) < 4.78 is 12.8. The maximum Gasteiger partial charge on any atom is 0.244 e. The normalized spacial score (nSPS) is 18.4. The van der Waals surface area contributed by atoms with Crippen molar-refractivity contribution in [2.24, 2.45) is 0 Å². The van der Waals surface area contributed by atoms with Crippen molar-refractivity contribution in [3.05, 3.63) is 58.1 Å². The Kier molecular flexibility index (Phi) is 6.58. The highest BCUT2D eigenvalue weighted by Crippen LogP contribution is 2.42. The molecule has 33 heavy (non-hydrogen) atoms. The van der Waals surface area contributed by atoms with Crippen molar-refractivity contribution in [3.8, 4) is 11.5 Å². The van der Waals surface area contributed by atoms with Crippen LogP contribution in [0.4, 0.5) is 4.39 Å². The van der Waals surface area contributed by atoms with Gasteiger partial charge in [0, 0.05) is 38.3 Å². The minimum Gasteiger partial charge on any atom is -0.508 e. The number of fused-ring (bicyclic) bond motifs is 1. The molecule has 0 radical (unpaired) electrons. The van der Waals surface area contributed by atoms with E-state index >= 15 is 0 Å². The number of aromatic hydroxyl groups is 2. The zero-order chi connectivity index (χ0) is 23.7. The molecule has 1 amide bonds. The number of rotatable bonds is 6. The van der Waals surface area contributed by atoms with Crippen LogP contribution in [0.25, 0.3) is 11.3 Å². The first-order valence-electron chi connectivity index (χ1n) is 11.2. The van der Waals surface area contributed by atoms with Crippen LogP contribution < -0.4 is 10.8 Å². The quantitative estimate of drug-likeness (QED) is 0.535. The average Bonchev–Trinajstić information content (AvgIpc) is 3.23. The van der Waals surface area contributed by atoms with E-state index in [9.17, 15) is 19.4 Å². The smallest absolute Gasteiger partial charge is 0.244 e. The molecule has 1 atom stereocenters. The second-order valence-corrected chi connectivity index (χ2v) is 8.79. The van der Waals surface area contributed by atoms with E-state index in [1.165, 1.54) is 6.07 Å². The molecule has 4 N–H and O–H groups in total. The van der Waals surface area contributed by atoms with E-state index in [1.54, 1.807) is 13.1 Å². The van der Waals surface area contributed by atoms with Crippen LogP contribution in [0.5, 0.6) is 11.5 Å². The van der Waals surface area contributed by atoms with Crippen LogP contribution in [0.15, 0.2) is 30.3 Å². The molecule has 2 aliphatic rings. The second-order valence-electron chi connectivity index (χ2n) is 8.79. The number of carbonyl (C=O) groups excluding carboxylic acids is 1. The van der Waals surface area contributed by atoms with Gasteiger partial charge >= 0.3 is 0 Å². The van der Waals surface area contributed by atoms with Gasteiger partial charge in [-0.25, -0.2) is 4.39 Å². The lowest BCUT2D eigenvalue weighted by Gasteiger charge is -2.28. The first-order valence-corrected chi connectivity index (χ1v) is 11.2. The highest BCUT2D eigenvalue weighted by atomic mass is 19.1. The molecule has 1 unspecified atom stereocenters. The monoisotopic (exact) mass is 455 g/mol. The summed E-state index contributed by atoms with van der Waals surface area (Å²) in [5, 5.41) is 23.5. The molecule has 2 aliphatic heterocycles. The third-order valence-corrected chi connectivity index (χ3v) is 6.34. The van der Waals surface area contributed by atoms with Crippen molar-refractivity contribution < 1.29 is 24.2 Å². The number of carbonyl (C=O) groups is 1. The molecule has 4 rings (SSSR count). The number of hydroxylamine groups is 1. The van der Waals surface area contributed by atoms with Gasteiger partial charge in [-0.15, -0.1) is 5.48 Å². The lowest BCUT2D eigenvalue weighted by Crippen LogP contribution is -2.40. The largest absolute Gasteiger partial charge is 0.508 e. The van der Waals surface area contributed by atoms with E-state index in [-0.39, 0.29) is 30.0 Å². The highest BCUT2D eigenvalue weighted by Gasteiger charge is 2.36. The van der Waals surface area contributed by atoms with Crippen molar-refractivity contribution in [2.75, 3.05) is 26.8 Å². The van der Waals surface area contributed by atoms with Gasteiger partial charge in [0.2, 0.25) is 5.91 Å². The Morgan fingerprint density at radius 1 is 1.24 bits per heavy atom. The molecule has 8 heteroatoms. The Bertz CT molecular complexity index is 1100. The van der Waals surface area contributed by atoms with Gasteiger partial charge in [0.1, 0.15) is 18.2 Å². The molecular formula is C25H30FN3O4. The lowest BCUT2D eigenvalue weighted by molar-refractivity contribution is -0.122. The predicted molar refractivity (Wildman–Crippen MR) is 124 cm³/mol. The first-order chi connectivity index (χ1) is 15.8. The number of hydrogen-bond donors (Lipinski definition) is 4. The zero-order valence-electron chi connectivity index (χ0n) is 19.1. The molecule has 0 fully saturated rings. The number of nitrogens with one attached hydrogen (secondary N) is 2. The Hall–Kier alpha value is -3.10. The molecule has 7 nitrogen and oxygen atoms in total. The van der Waals surface area contributed by atoms with Crippen molar-refractivity contribution >= 4 is 17.2 Å². The summed E-state index contributed by atoms with van der Waals surface area (Å²) >= 11 is 0. The Balaban J connectivity index is 1.83. The van der Waals surface area contributed by atoms with E-state index in [0.717, 1.165) is 29.7 Å². The fourth-order valence-electron chi connectivity index (χ4n) is 4.52. The van der Waals surface area contributed by atoms with E-state index in [2.05, 4.69) is 15.7 Å². The van der Waals surface area contributed by atoms with Crippen LogP contribution in [0.2, 0.25) is 0 Å². The predicted octanol–water partition coefficient (Wildman–Crippen LogP) is 3.07. The number of nitrogens with zero attached hydrogens (tertiary/aromatic N) is 1. The molecule has 0 aliphatic carbocycles. The Labute approximate surface area is 192 Å².